The molecule has 4 rings (SSSR count). The highest BCUT2D eigenvalue weighted by molar-refractivity contribution is 5.99. The third-order valence-corrected chi connectivity index (χ3v) is 4.78. The molecule has 0 saturated heterocycles. The Hall–Kier alpha value is -3.09. The second kappa shape index (κ2) is 6.57. The Morgan fingerprint density at radius 1 is 1.15 bits per heavy atom. The van der Waals surface area contributed by atoms with Crippen molar-refractivity contribution in [1.29, 1.82) is 0 Å². The third-order valence-electron chi connectivity index (χ3n) is 4.78. The molecular formula is C20H18F2N4O. The van der Waals surface area contributed by atoms with E-state index in [0.717, 1.165) is 30.2 Å². The van der Waals surface area contributed by atoms with Gasteiger partial charge in [-0.3, -0.25) is 4.79 Å². The normalized spacial score (nSPS) is 13.3. The van der Waals surface area contributed by atoms with E-state index in [4.69, 9.17) is 0 Å². The highest BCUT2D eigenvalue weighted by Gasteiger charge is 2.27. The molecule has 138 valence electrons. The van der Waals surface area contributed by atoms with Crippen LogP contribution in [0.25, 0.3) is 16.9 Å². The van der Waals surface area contributed by atoms with Gasteiger partial charge in [0.15, 0.2) is 5.82 Å². The first-order chi connectivity index (χ1) is 13.0. The molecule has 1 aliphatic heterocycles. The van der Waals surface area contributed by atoms with E-state index in [1.165, 1.54) is 16.8 Å². The summed E-state index contributed by atoms with van der Waals surface area (Å²) >= 11 is 0. The van der Waals surface area contributed by atoms with Crippen molar-refractivity contribution in [3.05, 3.63) is 64.9 Å². The van der Waals surface area contributed by atoms with Crippen LogP contribution in [0.4, 0.5) is 8.78 Å². The van der Waals surface area contributed by atoms with Gasteiger partial charge in [0.1, 0.15) is 17.2 Å². The Labute approximate surface area is 155 Å². The summed E-state index contributed by atoms with van der Waals surface area (Å²) in [7, 11) is 0. The first-order valence-corrected chi connectivity index (χ1v) is 8.80. The van der Waals surface area contributed by atoms with E-state index in [0.29, 0.717) is 23.5 Å². The van der Waals surface area contributed by atoms with Crippen molar-refractivity contribution in [3.63, 3.8) is 0 Å². The monoisotopic (exact) mass is 368 g/mol. The van der Waals surface area contributed by atoms with Crippen LogP contribution in [0.5, 0.6) is 0 Å². The highest BCUT2D eigenvalue weighted by Crippen LogP contribution is 2.30. The predicted octanol–water partition coefficient (Wildman–Crippen LogP) is 3.89. The van der Waals surface area contributed by atoms with E-state index >= 15 is 0 Å². The summed E-state index contributed by atoms with van der Waals surface area (Å²) < 4.78 is 28.6. The van der Waals surface area contributed by atoms with Gasteiger partial charge in [0.05, 0.1) is 5.69 Å². The van der Waals surface area contributed by atoms with Gasteiger partial charge >= 0.3 is 0 Å². The van der Waals surface area contributed by atoms with Crippen LogP contribution >= 0.6 is 0 Å². The molecule has 1 aromatic heterocycles. The van der Waals surface area contributed by atoms with Gasteiger partial charge in [-0.25, -0.2) is 13.5 Å². The minimum absolute atomic E-state index is 0.0483. The molecule has 0 saturated carbocycles. The molecule has 0 unspecified atom stereocenters. The second-order valence-electron chi connectivity index (χ2n) is 6.63. The number of amides is 1. The highest BCUT2D eigenvalue weighted by atomic mass is 19.1. The van der Waals surface area contributed by atoms with Crippen LogP contribution in [-0.2, 0) is 6.54 Å². The van der Waals surface area contributed by atoms with Gasteiger partial charge in [0, 0.05) is 30.3 Å². The van der Waals surface area contributed by atoms with Gasteiger partial charge in [0.25, 0.3) is 5.91 Å². The van der Waals surface area contributed by atoms with Crippen molar-refractivity contribution in [2.75, 3.05) is 6.54 Å². The van der Waals surface area contributed by atoms with Crippen LogP contribution in [0.1, 0.15) is 35.0 Å². The Balaban J connectivity index is 1.71. The number of aromatic nitrogens is 3. The lowest BCUT2D eigenvalue weighted by molar-refractivity contribution is 0.0778. The van der Waals surface area contributed by atoms with E-state index in [-0.39, 0.29) is 11.6 Å². The summed E-state index contributed by atoms with van der Waals surface area (Å²) in [4.78, 5) is 14.2. The lowest BCUT2D eigenvalue weighted by atomic mass is 10.0. The molecule has 7 heteroatoms. The maximum atomic E-state index is 14.1. The molecule has 0 spiro atoms. The number of fused-ring (bicyclic) bond motifs is 1. The summed E-state index contributed by atoms with van der Waals surface area (Å²) in [6.45, 7) is 5.12. The number of benzene rings is 2. The van der Waals surface area contributed by atoms with Crippen LogP contribution in [0.2, 0.25) is 0 Å². The molecule has 3 aromatic rings. The molecule has 0 radical (unpaired) electrons. The van der Waals surface area contributed by atoms with Crippen LogP contribution < -0.4 is 0 Å². The third kappa shape index (κ3) is 2.89. The van der Waals surface area contributed by atoms with E-state index in [2.05, 4.69) is 10.3 Å². The van der Waals surface area contributed by atoms with Crippen LogP contribution in [0, 0.1) is 18.6 Å². The number of rotatable bonds is 4. The molecule has 1 aliphatic rings. The first kappa shape index (κ1) is 17.3. The zero-order valence-electron chi connectivity index (χ0n) is 15.0. The maximum absolute atomic E-state index is 14.1. The molecule has 2 heterocycles. The van der Waals surface area contributed by atoms with Crippen LogP contribution in [0.3, 0.4) is 0 Å². The van der Waals surface area contributed by atoms with Crippen LogP contribution in [0.15, 0.2) is 36.4 Å². The fraction of sp³-hybridized carbons (Fsp3) is 0.250. The average Bonchev–Trinajstić information content (AvgIpc) is 3.16. The molecule has 0 fully saturated rings. The van der Waals surface area contributed by atoms with Crippen molar-refractivity contribution in [2.45, 2.75) is 26.8 Å². The number of carbonyl (C=O) groups excluding carboxylic acids is 1. The van der Waals surface area contributed by atoms with Crippen molar-refractivity contribution in [1.82, 2.24) is 19.9 Å². The fourth-order valence-electron chi connectivity index (χ4n) is 3.46. The van der Waals surface area contributed by atoms with Crippen molar-refractivity contribution >= 4 is 5.91 Å². The summed E-state index contributed by atoms with van der Waals surface area (Å²) in [5.41, 5.74) is 3.84. The largest absolute Gasteiger partial charge is 0.334 e. The molecule has 0 atom stereocenters. The summed E-state index contributed by atoms with van der Waals surface area (Å²) in [6.07, 6.45) is 0.906. The molecule has 0 N–H and O–H groups in total. The number of nitrogens with zero attached hydrogens (tertiary/aromatic N) is 4. The van der Waals surface area contributed by atoms with E-state index in [9.17, 15) is 13.6 Å². The quantitative estimate of drug-likeness (QED) is 0.702. The number of hydrogen-bond donors (Lipinski definition) is 0. The number of halogens is 2. The number of hydrogen-bond acceptors (Lipinski definition) is 3. The Morgan fingerprint density at radius 2 is 1.96 bits per heavy atom. The van der Waals surface area contributed by atoms with E-state index < -0.39 is 11.6 Å². The smallest absolute Gasteiger partial charge is 0.254 e. The van der Waals surface area contributed by atoms with E-state index in [1.807, 2.05) is 24.0 Å². The zero-order valence-corrected chi connectivity index (χ0v) is 15.0. The standard InChI is InChI=1S/C20H18F2N4O/c1-3-8-25-11-14-9-13(4-6-16(14)20(25)27)19-12(2)26(24-23-19)18-7-5-15(21)10-17(18)22/h4-7,9-10H,3,8,11H2,1-2H3. The summed E-state index contributed by atoms with van der Waals surface area (Å²) in [5, 5.41) is 8.21. The van der Waals surface area contributed by atoms with Crippen molar-refractivity contribution in [2.24, 2.45) is 0 Å². The SMILES string of the molecule is CCCN1Cc2cc(-c3nnn(-c4ccc(F)cc4F)c3C)ccc2C1=O. The molecule has 27 heavy (non-hydrogen) atoms. The lowest BCUT2D eigenvalue weighted by Crippen LogP contribution is -2.24. The van der Waals surface area contributed by atoms with Gasteiger partial charge in [-0.15, -0.1) is 5.10 Å². The van der Waals surface area contributed by atoms with Crippen molar-refractivity contribution < 1.29 is 13.6 Å². The lowest BCUT2D eigenvalue weighted by Gasteiger charge is -2.13. The second-order valence-corrected chi connectivity index (χ2v) is 6.63. The minimum atomic E-state index is -0.704. The molecule has 2 aromatic carbocycles. The maximum Gasteiger partial charge on any atom is 0.254 e. The molecule has 1 amide bonds. The number of carbonyl (C=O) groups is 1. The first-order valence-electron chi connectivity index (χ1n) is 8.80. The molecule has 5 nitrogen and oxygen atoms in total. The Kier molecular flexibility index (Phi) is 4.22. The zero-order chi connectivity index (χ0) is 19.1. The van der Waals surface area contributed by atoms with Gasteiger partial charge in [-0.2, -0.15) is 0 Å². The molecule has 0 aliphatic carbocycles. The average molecular weight is 368 g/mol. The van der Waals surface area contributed by atoms with Gasteiger partial charge in [0.2, 0.25) is 0 Å². The fourth-order valence-corrected chi connectivity index (χ4v) is 3.46. The van der Waals surface area contributed by atoms with Crippen LogP contribution in [-0.4, -0.2) is 32.3 Å². The van der Waals surface area contributed by atoms with Gasteiger partial charge < -0.3 is 4.90 Å². The summed E-state index contributed by atoms with van der Waals surface area (Å²) in [6, 6.07) is 8.90. The van der Waals surface area contributed by atoms with E-state index in [1.54, 1.807) is 13.0 Å². The van der Waals surface area contributed by atoms with Crippen molar-refractivity contribution in [3.8, 4) is 16.9 Å². The molecular weight excluding hydrogens is 350 g/mol. The summed E-state index contributed by atoms with van der Waals surface area (Å²) in [5.74, 6) is -1.30. The Morgan fingerprint density at radius 3 is 2.70 bits per heavy atom. The Bertz CT molecular complexity index is 1040. The topological polar surface area (TPSA) is 51.0 Å². The predicted molar refractivity (Wildman–Crippen MR) is 96.5 cm³/mol. The van der Waals surface area contributed by atoms with Gasteiger partial charge in [-0.05, 0) is 43.2 Å². The minimum Gasteiger partial charge on any atom is -0.334 e. The van der Waals surface area contributed by atoms with Gasteiger partial charge in [-0.1, -0.05) is 18.2 Å². The molecule has 0 bridgehead atoms.